The topological polar surface area (TPSA) is 83.6 Å². The molecule has 3 rings (SSSR count). The molecular weight excluding hydrogens is 283 g/mol. The van der Waals surface area contributed by atoms with E-state index in [-0.39, 0.29) is 22.7 Å². The number of aliphatic hydroxyl groups is 1. The van der Waals surface area contributed by atoms with Crippen molar-refractivity contribution in [2.75, 3.05) is 5.73 Å². The zero-order chi connectivity index (χ0) is 14.5. The molecule has 0 aromatic heterocycles. The largest absolute Gasteiger partial charge is 0.396 e. The third-order valence-corrected chi connectivity index (χ3v) is 6.19. The highest BCUT2D eigenvalue weighted by atomic mass is 32.2. The third kappa shape index (κ3) is 2.10. The van der Waals surface area contributed by atoms with Gasteiger partial charge in [-0.2, -0.15) is 4.31 Å². The Kier molecular flexibility index (Phi) is 3.23. The summed E-state index contributed by atoms with van der Waals surface area (Å²) in [5.74, 6) is -0.624. The number of fused-ring (bicyclic) bond motifs is 2. The third-order valence-electron chi connectivity index (χ3n) is 4.18. The molecule has 2 bridgehead atoms. The monoisotopic (exact) mass is 300 g/mol. The maximum absolute atomic E-state index is 13.2. The van der Waals surface area contributed by atoms with Crippen molar-refractivity contribution in [3.63, 3.8) is 0 Å². The van der Waals surface area contributed by atoms with Gasteiger partial charge in [-0.05, 0) is 43.9 Å². The van der Waals surface area contributed by atoms with Crippen molar-refractivity contribution in [2.45, 2.75) is 48.8 Å². The number of nitrogens with two attached hydrogens (primary N) is 1. The fraction of sp³-hybridized carbons (Fsp3) is 0.538. The molecule has 2 aliphatic rings. The number of aliphatic hydroxyl groups excluding tert-OH is 1. The van der Waals surface area contributed by atoms with E-state index in [4.69, 9.17) is 5.73 Å². The van der Waals surface area contributed by atoms with Crippen molar-refractivity contribution in [1.82, 2.24) is 4.31 Å². The van der Waals surface area contributed by atoms with Crippen molar-refractivity contribution in [1.29, 1.82) is 0 Å². The van der Waals surface area contributed by atoms with E-state index in [2.05, 4.69) is 0 Å². The lowest BCUT2D eigenvalue weighted by atomic mass is 10.0. The van der Waals surface area contributed by atoms with Crippen LogP contribution in [0.3, 0.4) is 0 Å². The van der Waals surface area contributed by atoms with Crippen molar-refractivity contribution < 1.29 is 17.9 Å². The van der Waals surface area contributed by atoms with Crippen molar-refractivity contribution >= 4 is 15.7 Å². The zero-order valence-corrected chi connectivity index (χ0v) is 11.7. The number of nitrogen functional groups attached to an aromatic ring is 1. The summed E-state index contributed by atoms with van der Waals surface area (Å²) in [6.07, 6.45) is 2.02. The lowest BCUT2D eigenvalue weighted by molar-refractivity contribution is 0.0769. The zero-order valence-electron chi connectivity index (χ0n) is 10.9. The van der Waals surface area contributed by atoms with Gasteiger partial charge in [0, 0.05) is 12.1 Å². The molecule has 110 valence electrons. The number of nitrogens with zero attached hydrogens (tertiary/aromatic N) is 1. The minimum Gasteiger partial charge on any atom is -0.396 e. The molecule has 7 heteroatoms. The predicted octanol–water partition coefficient (Wildman–Crippen LogP) is 1.08. The van der Waals surface area contributed by atoms with Crippen LogP contribution in [0.15, 0.2) is 23.1 Å². The number of piperidine rings is 1. The van der Waals surface area contributed by atoms with Gasteiger partial charge >= 0.3 is 0 Å². The van der Waals surface area contributed by atoms with Crippen molar-refractivity contribution in [3.05, 3.63) is 24.0 Å². The molecule has 2 saturated heterocycles. The van der Waals surface area contributed by atoms with Gasteiger partial charge in [-0.3, -0.25) is 0 Å². The average molecular weight is 300 g/mol. The fourth-order valence-electron chi connectivity index (χ4n) is 3.30. The van der Waals surface area contributed by atoms with Gasteiger partial charge in [0.2, 0.25) is 10.0 Å². The molecule has 0 amide bonds. The van der Waals surface area contributed by atoms with E-state index in [1.165, 1.54) is 10.4 Å². The van der Waals surface area contributed by atoms with E-state index in [0.29, 0.717) is 12.8 Å². The Balaban J connectivity index is 1.98. The first-order valence-corrected chi connectivity index (χ1v) is 8.10. The molecule has 2 fully saturated rings. The van der Waals surface area contributed by atoms with Crippen LogP contribution in [0, 0.1) is 5.82 Å². The molecule has 2 aliphatic heterocycles. The first-order chi connectivity index (χ1) is 9.39. The Bertz CT molecular complexity index is 621. The molecule has 5 nitrogen and oxygen atoms in total. The van der Waals surface area contributed by atoms with E-state index in [1.807, 2.05) is 0 Å². The molecule has 0 aliphatic carbocycles. The van der Waals surface area contributed by atoms with Gasteiger partial charge in [0.05, 0.1) is 16.7 Å². The van der Waals surface area contributed by atoms with E-state index in [9.17, 15) is 17.9 Å². The average Bonchev–Trinajstić information content (AvgIpc) is 2.66. The number of sulfonamides is 1. The van der Waals surface area contributed by atoms with Crippen molar-refractivity contribution in [2.24, 2.45) is 0 Å². The van der Waals surface area contributed by atoms with E-state index in [0.717, 1.165) is 25.0 Å². The van der Waals surface area contributed by atoms with Gasteiger partial charge in [-0.25, -0.2) is 12.8 Å². The van der Waals surface area contributed by atoms with E-state index >= 15 is 0 Å². The Morgan fingerprint density at radius 1 is 1.25 bits per heavy atom. The summed E-state index contributed by atoms with van der Waals surface area (Å²) in [5.41, 5.74) is 5.29. The lowest BCUT2D eigenvalue weighted by Crippen LogP contribution is -2.47. The molecular formula is C13H17FN2O3S. The van der Waals surface area contributed by atoms with Crippen LogP contribution in [0.5, 0.6) is 0 Å². The Labute approximate surface area is 117 Å². The van der Waals surface area contributed by atoms with Crippen LogP contribution < -0.4 is 5.73 Å². The standard InChI is InChI=1S/C13H17FN2O3S/c14-12-4-3-11(7-13(12)15)20(18,19)16-8-1-2-9(16)6-10(17)5-8/h3-4,7-10,17H,1-2,5-6,15H2. The van der Waals surface area contributed by atoms with Gasteiger partial charge in [0.25, 0.3) is 0 Å². The van der Waals surface area contributed by atoms with Crippen LogP contribution in [0.25, 0.3) is 0 Å². The van der Waals surface area contributed by atoms with Crippen LogP contribution >= 0.6 is 0 Å². The van der Waals surface area contributed by atoms with Crippen LogP contribution in [-0.2, 0) is 10.0 Å². The maximum Gasteiger partial charge on any atom is 0.243 e. The summed E-state index contributed by atoms with van der Waals surface area (Å²) < 4.78 is 40.0. The highest BCUT2D eigenvalue weighted by Gasteiger charge is 2.46. The van der Waals surface area contributed by atoms with Crippen LogP contribution in [0.1, 0.15) is 25.7 Å². The number of halogens is 1. The Hall–Kier alpha value is -1.18. The smallest absolute Gasteiger partial charge is 0.243 e. The maximum atomic E-state index is 13.2. The molecule has 0 radical (unpaired) electrons. The molecule has 20 heavy (non-hydrogen) atoms. The Morgan fingerprint density at radius 3 is 2.40 bits per heavy atom. The van der Waals surface area contributed by atoms with Crippen LogP contribution in [-0.4, -0.2) is 36.0 Å². The first-order valence-electron chi connectivity index (χ1n) is 6.66. The second-order valence-electron chi connectivity index (χ2n) is 5.53. The number of benzene rings is 1. The fourth-order valence-corrected chi connectivity index (χ4v) is 5.23. The molecule has 2 heterocycles. The molecule has 1 aromatic rings. The molecule has 0 spiro atoms. The van der Waals surface area contributed by atoms with Crippen LogP contribution in [0.2, 0.25) is 0 Å². The number of hydrogen-bond acceptors (Lipinski definition) is 4. The lowest BCUT2D eigenvalue weighted by Gasteiger charge is -2.36. The number of rotatable bonds is 2. The van der Waals surface area contributed by atoms with E-state index < -0.39 is 21.9 Å². The van der Waals surface area contributed by atoms with Crippen molar-refractivity contribution in [3.8, 4) is 0 Å². The normalized spacial score (nSPS) is 30.6. The molecule has 0 saturated carbocycles. The Morgan fingerprint density at radius 2 is 1.85 bits per heavy atom. The summed E-state index contributed by atoms with van der Waals surface area (Å²) in [6.45, 7) is 0. The summed E-state index contributed by atoms with van der Waals surface area (Å²) in [7, 11) is -3.69. The summed E-state index contributed by atoms with van der Waals surface area (Å²) in [6, 6.07) is 3.14. The number of hydrogen-bond donors (Lipinski definition) is 2. The summed E-state index contributed by atoms with van der Waals surface area (Å²) in [5, 5.41) is 9.73. The van der Waals surface area contributed by atoms with Gasteiger partial charge in [0.1, 0.15) is 5.82 Å². The predicted molar refractivity (Wildman–Crippen MR) is 71.9 cm³/mol. The summed E-state index contributed by atoms with van der Waals surface area (Å²) >= 11 is 0. The second kappa shape index (κ2) is 4.68. The quantitative estimate of drug-likeness (QED) is 0.801. The highest BCUT2D eigenvalue weighted by Crippen LogP contribution is 2.39. The molecule has 1 aromatic carbocycles. The summed E-state index contributed by atoms with van der Waals surface area (Å²) in [4.78, 5) is 0.0182. The second-order valence-corrected chi connectivity index (χ2v) is 7.37. The molecule has 2 unspecified atom stereocenters. The minimum atomic E-state index is -3.69. The first kappa shape index (κ1) is 13.8. The van der Waals surface area contributed by atoms with E-state index in [1.54, 1.807) is 0 Å². The van der Waals surface area contributed by atoms with Gasteiger partial charge in [-0.1, -0.05) is 0 Å². The molecule has 3 N–H and O–H groups in total. The van der Waals surface area contributed by atoms with Gasteiger partial charge in [-0.15, -0.1) is 0 Å². The molecule has 2 atom stereocenters. The number of anilines is 1. The van der Waals surface area contributed by atoms with Gasteiger partial charge in [0.15, 0.2) is 0 Å². The van der Waals surface area contributed by atoms with Crippen LogP contribution in [0.4, 0.5) is 10.1 Å². The highest BCUT2D eigenvalue weighted by molar-refractivity contribution is 7.89. The van der Waals surface area contributed by atoms with Gasteiger partial charge < -0.3 is 10.8 Å². The minimum absolute atomic E-state index is 0.0182. The SMILES string of the molecule is Nc1cc(S(=O)(=O)N2C3CCC2CC(O)C3)ccc1F.